The van der Waals surface area contributed by atoms with Crippen molar-refractivity contribution in [2.45, 2.75) is 32.8 Å². The predicted molar refractivity (Wildman–Crippen MR) is 82.3 cm³/mol. The standard InChI is InChI=1S/C14H16BrFO5S/c1-14(2,3)21-13(19)7(5-9(17)20-4)11(18)12-10(16)8(15)6-22-12/h6-7H,5H2,1-4H3. The van der Waals surface area contributed by atoms with Crippen LogP contribution < -0.4 is 0 Å². The van der Waals surface area contributed by atoms with Crippen LogP contribution in [0, 0.1) is 11.7 Å². The zero-order chi connectivity index (χ0) is 17.1. The second-order valence-electron chi connectivity index (χ2n) is 5.46. The van der Waals surface area contributed by atoms with Crippen LogP contribution in [0.4, 0.5) is 4.39 Å². The number of esters is 2. The van der Waals surface area contributed by atoms with Crippen molar-refractivity contribution in [3.63, 3.8) is 0 Å². The summed E-state index contributed by atoms with van der Waals surface area (Å²) in [7, 11) is 1.14. The van der Waals surface area contributed by atoms with Gasteiger partial charge in [0.2, 0.25) is 0 Å². The van der Waals surface area contributed by atoms with E-state index in [4.69, 9.17) is 4.74 Å². The van der Waals surface area contributed by atoms with Crippen LogP contribution in [0.25, 0.3) is 0 Å². The molecule has 1 atom stereocenters. The molecule has 0 saturated carbocycles. The number of Topliss-reactive ketones (excluding diaryl/α,β-unsaturated/α-hetero) is 1. The number of ether oxygens (including phenoxy) is 2. The SMILES string of the molecule is COC(=O)CC(C(=O)OC(C)(C)C)C(=O)c1scc(Br)c1F. The van der Waals surface area contributed by atoms with Crippen molar-refractivity contribution < 1.29 is 28.2 Å². The van der Waals surface area contributed by atoms with Gasteiger partial charge in [0.25, 0.3) is 0 Å². The van der Waals surface area contributed by atoms with E-state index in [1.54, 1.807) is 20.8 Å². The molecule has 0 aromatic carbocycles. The molecule has 0 amide bonds. The van der Waals surface area contributed by atoms with Crippen LogP contribution in [-0.2, 0) is 19.1 Å². The van der Waals surface area contributed by atoms with Crippen molar-refractivity contribution in [3.8, 4) is 0 Å². The molecular weight excluding hydrogens is 379 g/mol. The smallest absolute Gasteiger partial charge is 0.318 e. The van der Waals surface area contributed by atoms with Crippen molar-refractivity contribution >= 4 is 45.0 Å². The van der Waals surface area contributed by atoms with Crippen LogP contribution in [0.15, 0.2) is 9.85 Å². The number of thiophene rings is 1. The Bertz CT molecular complexity index is 591. The molecule has 1 rings (SSSR count). The third kappa shape index (κ3) is 4.88. The molecule has 0 radical (unpaired) electrons. The topological polar surface area (TPSA) is 69.7 Å². The summed E-state index contributed by atoms with van der Waals surface area (Å²) >= 11 is 3.81. The number of ketones is 1. The molecule has 1 aromatic heterocycles. The van der Waals surface area contributed by atoms with Gasteiger partial charge < -0.3 is 9.47 Å². The molecule has 1 aromatic rings. The Labute approximate surface area is 139 Å². The van der Waals surface area contributed by atoms with E-state index in [0.29, 0.717) is 0 Å². The first-order valence-corrected chi connectivity index (χ1v) is 8.00. The molecule has 1 heterocycles. The highest BCUT2D eigenvalue weighted by Gasteiger charge is 2.36. The molecule has 8 heteroatoms. The molecule has 0 spiro atoms. The molecule has 0 aliphatic carbocycles. The second kappa shape index (κ2) is 7.32. The Balaban J connectivity index is 3.09. The van der Waals surface area contributed by atoms with Gasteiger partial charge in [0, 0.05) is 5.38 Å². The van der Waals surface area contributed by atoms with Gasteiger partial charge in [-0.25, -0.2) is 4.39 Å². The minimum Gasteiger partial charge on any atom is -0.469 e. The molecule has 1 unspecified atom stereocenters. The highest BCUT2D eigenvalue weighted by atomic mass is 79.9. The maximum atomic E-state index is 13.9. The minimum atomic E-state index is -1.44. The van der Waals surface area contributed by atoms with Crippen LogP contribution in [0.2, 0.25) is 0 Å². The lowest BCUT2D eigenvalue weighted by Gasteiger charge is -2.22. The number of rotatable bonds is 5. The Morgan fingerprint density at radius 3 is 2.36 bits per heavy atom. The van der Waals surface area contributed by atoms with Crippen molar-refractivity contribution in [2.75, 3.05) is 7.11 Å². The number of hydrogen-bond acceptors (Lipinski definition) is 6. The Hall–Kier alpha value is -1.28. The van der Waals surface area contributed by atoms with E-state index in [1.165, 1.54) is 5.38 Å². The van der Waals surface area contributed by atoms with E-state index in [0.717, 1.165) is 18.4 Å². The molecular formula is C14H16BrFO5S. The number of halogens is 2. The van der Waals surface area contributed by atoms with Crippen molar-refractivity contribution in [2.24, 2.45) is 5.92 Å². The Morgan fingerprint density at radius 2 is 1.95 bits per heavy atom. The fraction of sp³-hybridized carbons (Fsp3) is 0.500. The summed E-state index contributed by atoms with van der Waals surface area (Å²) in [5, 5.41) is 1.40. The molecule has 122 valence electrons. The highest BCUT2D eigenvalue weighted by Crippen LogP contribution is 2.29. The lowest BCUT2D eigenvalue weighted by atomic mass is 9.98. The number of carbonyl (C=O) groups excluding carboxylic acids is 3. The average molecular weight is 395 g/mol. The van der Waals surface area contributed by atoms with E-state index in [2.05, 4.69) is 20.7 Å². The van der Waals surface area contributed by atoms with E-state index in [1.807, 2.05) is 0 Å². The number of methoxy groups -OCH3 is 1. The molecule has 0 bridgehead atoms. The van der Waals surface area contributed by atoms with Gasteiger partial charge in [0.05, 0.1) is 18.0 Å². The van der Waals surface area contributed by atoms with Gasteiger partial charge in [-0.2, -0.15) is 0 Å². The molecule has 5 nitrogen and oxygen atoms in total. The van der Waals surface area contributed by atoms with Crippen molar-refractivity contribution in [1.29, 1.82) is 0 Å². The summed E-state index contributed by atoms with van der Waals surface area (Å²) in [5.74, 6) is -4.62. The molecule has 0 fully saturated rings. The summed E-state index contributed by atoms with van der Waals surface area (Å²) in [6.45, 7) is 4.90. The number of hydrogen-bond donors (Lipinski definition) is 0. The Kier molecular flexibility index (Phi) is 6.25. The van der Waals surface area contributed by atoms with Gasteiger partial charge in [-0.15, -0.1) is 11.3 Å². The van der Waals surface area contributed by atoms with E-state index in [9.17, 15) is 18.8 Å². The Morgan fingerprint density at radius 1 is 1.36 bits per heavy atom. The molecule has 22 heavy (non-hydrogen) atoms. The van der Waals surface area contributed by atoms with Crippen LogP contribution >= 0.6 is 27.3 Å². The first-order valence-electron chi connectivity index (χ1n) is 6.33. The number of carbonyl (C=O) groups is 3. The summed E-state index contributed by atoms with van der Waals surface area (Å²) in [5.41, 5.74) is -0.833. The quantitative estimate of drug-likeness (QED) is 0.435. The lowest BCUT2D eigenvalue weighted by molar-refractivity contribution is -0.161. The van der Waals surface area contributed by atoms with Crippen LogP contribution in [0.3, 0.4) is 0 Å². The molecule has 0 saturated heterocycles. The zero-order valence-electron chi connectivity index (χ0n) is 12.6. The summed E-state index contributed by atoms with van der Waals surface area (Å²) in [4.78, 5) is 35.8. The van der Waals surface area contributed by atoms with E-state index in [-0.39, 0.29) is 9.35 Å². The largest absolute Gasteiger partial charge is 0.469 e. The predicted octanol–water partition coefficient (Wildman–Crippen LogP) is 3.35. The summed E-state index contributed by atoms with van der Waals surface area (Å²) in [6.07, 6.45) is -0.501. The lowest BCUT2D eigenvalue weighted by Crippen LogP contribution is -2.34. The first-order chi connectivity index (χ1) is 10.1. The van der Waals surface area contributed by atoms with E-state index < -0.39 is 41.5 Å². The second-order valence-corrected chi connectivity index (χ2v) is 7.19. The van der Waals surface area contributed by atoms with E-state index >= 15 is 0 Å². The minimum absolute atomic E-state index is 0.127. The third-order valence-corrected chi connectivity index (χ3v) is 4.37. The maximum absolute atomic E-state index is 13.9. The normalized spacial score (nSPS) is 12.6. The first kappa shape index (κ1) is 18.8. The molecule has 0 N–H and O–H groups in total. The van der Waals surface area contributed by atoms with Gasteiger partial charge in [0.15, 0.2) is 11.6 Å². The molecule has 0 aliphatic rings. The van der Waals surface area contributed by atoms with Crippen molar-refractivity contribution in [1.82, 2.24) is 0 Å². The van der Waals surface area contributed by atoms with Crippen molar-refractivity contribution in [3.05, 3.63) is 20.5 Å². The van der Waals surface area contributed by atoms with Crippen LogP contribution in [0.1, 0.15) is 36.9 Å². The monoisotopic (exact) mass is 394 g/mol. The summed E-state index contributed by atoms with van der Waals surface area (Å²) in [6, 6.07) is 0. The third-order valence-electron chi connectivity index (χ3n) is 2.52. The van der Waals surface area contributed by atoms with Gasteiger partial charge in [-0.1, -0.05) is 0 Å². The maximum Gasteiger partial charge on any atom is 0.318 e. The molecule has 0 aliphatic heterocycles. The van der Waals surface area contributed by atoms with Gasteiger partial charge in [-0.3, -0.25) is 14.4 Å². The van der Waals surface area contributed by atoms with Gasteiger partial charge in [-0.05, 0) is 36.7 Å². The average Bonchev–Trinajstić information content (AvgIpc) is 2.73. The van der Waals surface area contributed by atoms with Gasteiger partial charge in [0.1, 0.15) is 16.4 Å². The fourth-order valence-electron chi connectivity index (χ4n) is 1.55. The zero-order valence-corrected chi connectivity index (χ0v) is 15.0. The summed E-state index contributed by atoms with van der Waals surface area (Å²) < 4.78 is 23.6. The van der Waals surface area contributed by atoms with Gasteiger partial charge >= 0.3 is 11.9 Å². The van der Waals surface area contributed by atoms with Crippen LogP contribution in [-0.4, -0.2) is 30.4 Å². The highest BCUT2D eigenvalue weighted by molar-refractivity contribution is 9.10. The fourth-order valence-corrected chi connectivity index (χ4v) is 2.96. The van der Waals surface area contributed by atoms with Crippen LogP contribution in [0.5, 0.6) is 0 Å².